The number of piperidine rings is 1. The van der Waals surface area contributed by atoms with Crippen molar-refractivity contribution in [3.05, 3.63) is 27.2 Å². The highest BCUT2D eigenvalue weighted by molar-refractivity contribution is 7.98. The van der Waals surface area contributed by atoms with E-state index in [1.165, 1.54) is 47.7 Å². The highest BCUT2D eigenvalue weighted by atomic mass is 32.2. The number of thioether (sulfide) groups is 1. The van der Waals surface area contributed by atoms with Gasteiger partial charge in [0.25, 0.3) is 0 Å². The second-order valence-corrected chi connectivity index (χ2v) is 9.09. The van der Waals surface area contributed by atoms with Crippen molar-refractivity contribution in [2.75, 3.05) is 30.7 Å². The van der Waals surface area contributed by atoms with Crippen molar-refractivity contribution in [1.29, 1.82) is 0 Å². The number of aliphatic hydroxyl groups excluding tert-OH is 1. The van der Waals surface area contributed by atoms with Crippen LogP contribution >= 0.6 is 23.1 Å². The van der Waals surface area contributed by atoms with Gasteiger partial charge in [-0.15, -0.1) is 11.3 Å². The van der Waals surface area contributed by atoms with Crippen LogP contribution in [0.25, 0.3) is 0 Å². The van der Waals surface area contributed by atoms with E-state index in [0.717, 1.165) is 24.6 Å². The minimum atomic E-state index is -0.123. The van der Waals surface area contributed by atoms with E-state index in [0.29, 0.717) is 11.8 Å². The first-order valence-corrected chi connectivity index (χ1v) is 11.3. The van der Waals surface area contributed by atoms with Crippen molar-refractivity contribution in [3.8, 4) is 0 Å². The first-order valence-electron chi connectivity index (χ1n) is 9.28. The van der Waals surface area contributed by atoms with Gasteiger partial charge in [0.05, 0.1) is 0 Å². The van der Waals surface area contributed by atoms with Gasteiger partial charge < -0.3 is 10.4 Å². The first kappa shape index (κ1) is 19.7. The molecule has 0 saturated carbocycles. The highest BCUT2D eigenvalue weighted by Gasteiger charge is 2.14. The summed E-state index contributed by atoms with van der Waals surface area (Å²) in [6, 6.07) is 2.36. The molecule has 2 N–H and O–H groups in total. The Morgan fingerprint density at radius 3 is 2.85 bits per heavy atom. The number of nitrogens with zero attached hydrogens (tertiary/aromatic N) is 4. The first-order chi connectivity index (χ1) is 12.7. The Kier molecular flexibility index (Phi) is 7.36. The maximum atomic E-state index is 9.07. The number of thiophene rings is 1. The number of likely N-dealkylation sites (tertiary alicyclic amines) is 1. The number of anilines is 1. The average Bonchev–Trinajstić information content (AvgIpc) is 3.18. The maximum absolute atomic E-state index is 9.07. The molecule has 0 unspecified atom stereocenters. The fraction of sp³-hybridized carbons (Fsp3) is 0.667. The lowest BCUT2D eigenvalue weighted by Crippen LogP contribution is -2.28. The Hall–Kier alpha value is -1.09. The number of hydrogen-bond donors (Lipinski definition) is 2. The standard InChI is InChI=1S/C18H29N5OS2/c1-14-10-15(26-16(14)11-23-7-4-3-5-8-23)13-25-9-6-19-18-20-17(12-24)21-22(18)2/h10,24H,3-9,11-13H2,1-2H3,(H,19,20,21). The van der Waals surface area contributed by atoms with Crippen LogP contribution in [0, 0.1) is 6.92 Å². The van der Waals surface area contributed by atoms with Gasteiger partial charge in [-0.2, -0.15) is 21.8 Å². The van der Waals surface area contributed by atoms with Crippen LogP contribution in [0.3, 0.4) is 0 Å². The molecule has 2 aromatic heterocycles. The van der Waals surface area contributed by atoms with Crippen molar-refractivity contribution in [3.63, 3.8) is 0 Å². The second-order valence-electron chi connectivity index (χ2n) is 6.77. The van der Waals surface area contributed by atoms with Crippen molar-refractivity contribution in [2.45, 2.75) is 45.1 Å². The molecule has 0 aliphatic carbocycles. The summed E-state index contributed by atoms with van der Waals surface area (Å²) >= 11 is 3.92. The molecule has 144 valence electrons. The molecule has 2 aromatic rings. The van der Waals surface area contributed by atoms with Crippen LogP contribution in [0.1, 0.15) is 40.4 Å². The molecule has 26 heavy (non-hydrogen) atoms. The fourth-order valence-corrected chi connectivity index (χ4v) is 5.39. The minimum absolute atomic E-state index is 0.123. The Balaban J connectivity index is 1.39. The summed E-state index contributed by atoms with van der Waals surface area (Å²) in [6.07, 6.45) is 4.10. The third-order valence-electron chi connectivity index (χ3n) is 4.61. The molecule has 0 aromatic carbocycles. The lowest BCUT2D eigenvalue weighted by Gasteiger charge is -2.26. The maximum Gasteiger partial charge on any atom is 0.221 e. The van der Waals surface area contributed by atoms with E-state index in [2.05, 4.69) is 33.3 Å². The lowest BCUT2D eigenvalue weighted by atomic mass is 10.1. The Bertz CT molecular complexity index is 694. The monoisotopic (exact) mass is 395 g/mol. The van der Waals surface area contributed by atoms with Gasteiger partial charge in [0, 0.05) is 41.4 Å². The van der Waals surface area contributed by atoms with Crippen molar-refractivity contribution < 1.29 is 5.11 Å². The lowest BCUT2D eigenvalue weighted by molar-refractivity contribution is 0.222. The SMILES string of the molecule is Cc1cc(CSCCNc2nc(CO)nn2C)sc1CN1CCCCC1. The molecule has 0 radical (unpaired) electrons. The number of rotatable bonds is 9. The smallest absolute Gasteiger partial charge is 0.221 e. The van der Waals surface area contributed by atoms with Gasteiger partial charge in [-0.1, -0.05) is 6.42 Å². The number of aliphatic hydroxyl groups is 1. The topological polar surface area (TPSA) is 66.2 Å². The zero-order valence-electron chi connectivity index (χ0n) is 15.7. The van der Waals surface area contributed by atoms with Crippen molar-refractivity contribution in [1.82, 2.24) is 19.7 Å². The second kappa shape index (κ2) is 9.73. The number of aromatic nitrogens is 3. The van der Waals surface area contributed by atoms with E-state index in [1.807, 2.05) is 30.1 Å². The van der Waals surface area contributed by atoms with E-state index >= 15 is 0 Å². The van der Waals surface area contributed by atoms with Gasteiger partial charge in [-0.25, -0.2) is 4.68 Å². The third-order valence-corrected chi connectivity index (χ3v) is 7.02. The van der Waals surface area contributed by atoms with Gasteiger partial charge in [-0.3, -0.25) is 4.90 Å². The van der Waals surface area contributed by atoms with Crippen LogP contribution in [0.5, 0.6) is 0 Å². The normalized spacial score (nSPS) is 15.5. The van der Waals surface area contributed by atoms with Gasteiger partial charge in [0.1, 0.15) is 6.61 Å². The quantitative estimate of drug-likeness (QED) is 0.636. The predicted octanol–water partition coefficient (Wildman–Crippen LogP) is 3.01. The average molecular weight is 396 g/mol. The molecule has 0 atom stereocenters. The molecule has 0 bridgehead atoms. The number of hydrogen-bond acceptors (Lipinski definition) is 7. The van der Waals surface area contributed by atoms with Gasteiger partial charge in [-0.05, 0) is 44.5 Å². The van der Waals surface area contributed by atoms with E-state index in [9.17, 15) is 0 Å². The van der Waals surface area contributed by atoms with Crippen LogP contribution in [0.2, 0.25) is 0 Å². The van der Waals surface area contributed by atoms with Crippen LogP contribution in [-0.2, 0) is 26.0 Å². The highest BCUT2D eigenvalue weighted by Crippen LogP contribution is 2.27. The molecule has 0 spiro atoms. The van der Waals surface area contributed by atoms with E-state index in [-0.39, 0.29) is 6.61 Å². The van der Waals surface area contributed by atoms with Gasteiger partial charge in [0.15, 0.2) is 5.82 Å². The molecular formula is C18H29N5OS2. The van der Waals surface area contributed by atoms with E-state index < -0.39 is 0 Å². The van der Waals surface area contributed by atoms with Crippen LogP contribution in [-0.4, -0.2) is 50.2 Å². The van der Waals surface area contributed by atoms with E-state index in [1.54, 1.807) is 4.68 Å². The predicted molar refractivity (Wildman–Crippen MR) is 110 cm³/mol. The Morgan fingerprint density at radius 2 is 2.12 bits per heavy atom. The van der Waals surface area contributed by atoms with Crippen molar-refractivity contribution in [2.24, 2.45) is 7.05 Å². The van der Waals surface area contributed by atoms with Gasteiger partial charge in [0.2, 0.25) is 5.95 Å². The molecule has 1 saturated heterocycles. The summed E-state index contributed by atoms with van der Waals surface area (Å²) in [5.41, 5.74) is 1.45. The summed E-state index contributed by atoms with van der Waals surface area (Å²) in [5.74, 6) is 3.25. The molecular weight excluding hydrogens is 366 g/mol. The minimum Gasteiger partial charge on any atom is -0.388 e. The molecule has 0 amide bonds. The zero-order chi connectivity index (χ0) is 18.4. The molecule has 3 rings (SSSR count). The molecule has 1 aliphatic rings. The summed E-state index contributed by atoms with van der Waals surface area (Å²) < 4.78 is 1.67. The summed E-state index contributed by atoms with van der Waals surface area (Å²) in [7, 11) is 1.83. The summed E-state index contributed by atoms with van der Waals surface area (Å²) in [6.45, 7) is 6.61. The fourth-order valence-electron chi connectivity index (χ4n) is 3.21. The zero-order valence-corrected chi connectivity index (χ0v) is 17.3. The van der Waals surface area contributed by atoms with Gasteiger partial charge >= 0.3 is 0 Å². The number of aryl methyl sites for hydroxylation is 2. The van der Waals surface area contributed by atoms with Crippen LogP contribution in [0.15, 0.2) is 6.07 Å². The molecule has 1 fully saturated rings. The Morgan fingerprint density at radius 1 is 1.31 bits per heavy atom. The van der Waals surface area contributed by atoms with Crippen molar-refractivity contribution >= 4 is 29.0 Å². The summed E-state index contributed by atoms with van der Waals surface area (Å²) in [4.78, 5) is 9.85. The molecule has 6 nitrogen and oxygen atoms in total. The molecule has 1 aliphatic heterocycles. The summed E-state index contributed by atoms with van der Waals surface area (Å²) in [5, 5.41) is 16.5. The largest absolute Gasteiger partial charge is 0.388 e. The van der Waals surface area contributed by atoms with E-state index in [4.69, 9.17) is 5.11 Å². The molecule has 3 heterocycles. The Labute approximate surface area is 164 Å². The van der Waals surface area contributed by atoms with Crippen LogP contribution in [0.4, 0.5) is 5.95 Å². The number of nitrogens with one attached hydrogen (secondary N) is 1. The van der Waals surface area contributed by atoms with Crippen LogP contribution < -0.4 is 5.32 Å². The third kappa shape index (κ3) is 5.45. The molecule has 8 heteroatoms.